The van der Waals surface area contributed by atoms with Crippen LogP contribution in [0.3, 0.4) is 0 Å². The molecule has 35 heavy (non-hydrogen) atoms. The Labute approximate surface area is 204 Å². The first kappa shape index (κ1) is 23.0. The number of aliphatic carboxylic acids is 1. The molecule has 3 N–H and O–H groups in total. The number of nitrogens with zero attached hydrogens (tertiary/aromatic N) is 2. The molecule has 0 unspecified atom stereocenters. The number of carboxylic acids is 1. The Kier molecular flexibility index (Phi) is 5.27. The number of hydrogen-bond donors (Lipinski definition) is 3. The van der Waals surface area contributed by atoms with Gasteiger partial charge in [0, 0.05) is 43.3 Å². The Morgan fingerprint density at radius 2 is 1.94 bits per heavy atom. The third-order valence-electron chi connectivity index (χ3n) is 9.63. The number of rotatable bonds is 5. The van der Waals surface area contributed by atoms with E-state index in [1.807, 2.05) is 6.07 Å². The van der Waals surface area contributed by atoms with Crippen LogP contribution in [0.4, 0.5) is 0 Å². The van der Waals surface area contributed by atoms with Gasteiger partial charge >= 0.3 is 5.97 Å². The molecule has 1 aromatic carbocycles. The van der Waals surface area contributed by atoms with Crippen LogP contribution >= 0.6 is 0 Å². The van der Waals surface area contributed by atoms with Gasteiger partial charge in [0.25, 0.3) is 0 Å². The maximum Gasteiger partial charge on any atom is 0.326 e. The zero-order chi connectivity index (χ0) is 24.5. The number of Topliss-reactive ketones (excluding diaryl/α,β-unsaturated/α-hetero) is 1. The zero-order valence-electron chi connectivity index (χ0n) is 20.0. The first-order valence-corrected chi connectivity index (χ1v) is 13.1. The summed E-state index contributed by atoms with van der Waals surface area (Å²) in [5, 5.41) is 32.3. The number of likely N-dealkylation sites (tertiary alicyclic amines) is 2. The van der Waals surface area contributed by atoms with E-state index in [0.29, 0.717) is 38.1 Å². The largest absolute Gasteiger partial charge is 0.508 e. The Balaban J connectivity index is 1.33. The zero-order valence-corrected chi connectivity index (χ0v) is 20.0. The van der Waals surface area contributed by atoms with Crippen molar-refractivity contribution >= 4 is 17.7 Å². The van der Waals surface area contributed by atoms with E-state index >= 15 is 0 Å². The van der Waals surface area contributed by atoms with Gasteiger partial charge in [-0.25, -0.2) is 4.79 Å². The van der Waals surface area contributed by atoms with Crippen molar-refractivity contribution in [2.24, 2.45) is 11.8 Å². The first-order chi connectivity index (χ1) is 16.7. The van der Waals surface area contributed by atoms with Gasteiger partial charge in [-0.1, -0.05) is 6.07 Å². The number of phenols is 1. The SMILES string of the molecule is O=C1C[C@]23CCN(CC4CC4)[C@H](Cc4ccc(O)cc42)[C@]3(O)C[C@@H]1CC(=O)N1CCC[C@H]1C(=O)O. The molecule has 0 radical (unpaired) electrons. The Morgan fingerprint density at radius 3 is 2.69 bits per heavy atom. The quantitative estimate of drug-likeness (QED) is 0.586. The second kappa shape index (κ2) is 8.03. The second-order valence-electron chi connectivity index (χ2n) is 11.6. The molecular weight excluding hydrogens is 448 g/mol. The van der Waals surface area contributed by atoms with Crippen molar-refractivity contribution in [1.82, 2.24) is 9.80 Å². The van der Waals surface area contributed by atoms with E-state index in [1.165, 1.54) is 17.7 Å². The molecule has 6 rings (SSSR count). The fourth-order valence-electron chi connectivity index (χ4n) is 7.68. The number of carbonyl (C=O) groups excluding carboxylic acids is 2. The smallest absolute Gasteiger partial charge is 0.326 e. The summed E-state index contributed by atoms with van der Waals surface area (Å²) in [6.45, 7) is 2.15. The summed E-state index contributed by atoms with van der Waals surface area (Å²) in [6.07, 6.45) is 5.10. The highest BCUT2D eigenvalue weighted by molar-refractivity contribution is 5.91. The summed E-state index contributed by atoms with van der Waals surface area (Å²) in [4.78, 5) is 42.1. The fourth-order valence-corrected chi connectivity index (χ4v) is 7.68. The average Bonchev–Trinajstić information content (AvgIpc) is 3.47. The number of piperidine rings is 1. The monoisotopic (exact) mass is 482 g/mol. The fraction of sp³-hybridized carbons (Fsp3) is 0.667. The van der Waals surface area contributed by atoms with Crippen molar-refractivity contribution in [1.29, 1.82) is 0 Å². The summed E-state index contributed by atoms with van der Waals surface area (Å²) in [7, 11) is 0. The molecule has 0 spiro atoms. The van der Waals surface area contributed by atoms with E-state index < -0.39 is 28.9 Å². The van der Waals surface area contributed by atoms with Gasteiger partial charge in [-0.05, 0) is 80.7 Å². The molecule has 188 valence electrons. The molecule has 8 heteroatoms. The lowest BCUT2D eigenvalue weighted by Crippen LogP contribution is -2.74. The van der Waals surface area contributed by atoms with Crippen LogP contribution in [0.1, 0.15) is 62.5 Å². The standard InChI is InChI=1S/C27H34N2O6/c30-19-6-5-17-10-23-27(35)13-18(11-24(32)29-8-1-2-21(29)25(33)34)22(31)14-26(27,20(17)12-19)7-9-28(23)15-16-3-4-16/h5-6,12,16,18,21,23,30,35H,1-4,7-11,13-15H2,(H,33,34)/t18-,21-,23+,26+,27+/m0/s1. The molecule has 0 aromatic heterocycles. The minimum atomic E-state index is -1.18. The number of amides is 1. The highest BCUT2D eigenvalue weighted by Gasteiger charge is 2.66. The predicted octanol–water partition coefficient (Wildman–Crippen LogP) is 1.85. The van der Waals surface area contributed by atoms with Crippen molar-refractivity contribution in [3.8, 4) is 5.75 Å². The number of ketones is 1. The van der Waals surface area contributed by atoms with Gasteiger partial charge in [-0.15, -0.1) is 0 Å². The minimum absolute atomic E-state index is 0.0420. The number of hydrogen-bond acceptors (Lipinski definition) is 6. The lowest BCUT2D eigenvalue weighted by molar-refractivity contribution is -0.183. The maximum atomic E-state index is 13.5. The molecule has 2 bridgehead atoms. The third-order valence-corrected chi connectivity index (χ3v) is 9.63. The number of carboxylic acid groups (broad SMARTS) is 1. The van der Waals surface area contributed by atoms with Crippen LogP contribution in [0.2, 0.25) is 0 Å². The number of aromatic hydroxyl groups is 1. The van der Waals surface area contributed by atoms with Crippen LogP contribution in [0.25, 0.3) is 0 Å². The number of fused-ring (bicyclic) bond motifs is 1. The molecule has 3 aliphatic carbocycles. The summed E-state index contributed by atoms with van der Waals surface area (Å²) >= 11 is 0. The average molecular weight is 483 g/mol. The van der Waals surface area contributed by atoms with Crippen molar-refractivity contribution in [2.45, 2.75) is 80.9 Å². The van der Waals surface area contributed by atoms with Crippen LogP contribution in [0.5, 0.6) is 5.75 Å². The molecule has 2 saturated carbocycles. The minimum Gasteiger partial charge on any atom is -0.508 e. The topological polar surface area (TPSA) is 118 Å². The second-order valence-corrected chi connectivity index (χ2v) is 11.6. The van der Waals surface area contributed by atoms with E-state index in [1.54, 1.807) is 12.1 Å². The van der Waals surface area contributed by atoms with Crippen LogP contribution < -0.4 is 0 Å². The van der Waals surface area contributed by atoms with Gasteiger partial charge in [0.2, 0.25) is 5.91 Å². The molecule has 2 aliphatic heterocycles. The molecule has 8 nitrogen and oxygen atoms in total. The lowest BCUT2D eigenvalue weighted by Gasteiger charge is -2.64. The van der Waals surface area contributed by atoms with Crippen molar-refractivity contribution in [3.05, 3.63) is 29.3 Å². The Morgan fingerprint density at radius 1 is 1.14 bits per heavy atom. The Bertz CT molecular complexity index is 1090. The van der Waals surface area contributed by atoms with Gasteiger partial charge in [-0.3, -0.25) is 14.5 Å². The summed E-state index contributed by atoms with van der Waals surface area (Å²) in [5.74, 6) is -1.17. The van der Waals surface area contributed by atoms with Crippen LogP contribution in [0, 0.1) is 11.8 Å². The van der Waals surface area contributed by atoms with Crippen LogP contribution in [-0.2, 0) is 26.2 Å². The van der Waals surface area contributed by atoms with Gasteiger partial charge in [-0.2, -0.15) is 0 Å². The van der Waals surface area contributed by atoms with Gasteiger partial charge in [0.15, 0.2) is 0 Å². The van der Waals surface area contributed by atoms with E-state index in [-0.39, 0.29) is 42.7 Å². The highest BCUT2D eigenvalue weighted by atomic mass is 16.4. The molecule has 4 fully saturated rings. The van der Waals surface area contributed by atoms with Crippen molar-refractivity contribution < 1.29 is 29.7 Å². The van der Waals surface area contributed by atoms with Crippen LogP contribution in [0.15, 0.2) is 18.2 Å². The number of aliphatic hydroxyl groups is 1. The third kappa shape index (κ3) is 3.51. The normalized spacial score (nSPS) is 36.5. The highest BCUT2D eigenvalue weighted by Crippen LogP contribution is 2.59. The molecule has 5 atom stereocenters. The molecule has 1 amide bonds. The molecular formula is C27H34N2O6. The summed E-state index contributed by atoms with van der Waals surface area (Å²) < 4.78 is 0. The number of carbonyl (C=O) groups is 3. The molecule has 2 saturated heterocycles. The van der Waals surface area contributed by atoms with Crippen LogP contribution in [-0.4, -0.2) is 80.1 Å². The maximum absolute atomic E-state index is 13.5. The summed E-state index contributed by atoms with van der Waals surface area (Å²) in [5.41, 5.74) is 0.0159. The van der Waals surface area contributed by atoms with Crippen molar-refractivity contribution in [3.63, 3.8) is 0 Å². The predicted molar refractivity (Wildman–Crippen MR) is 126 cm³/mol. The molecule has 1 aromatic rings. The van der Waals surface area contributed by atoms with E-state index in [2.05, 4.69) is 4.90 Å². The number of phenolic OH excluding ortho intramolecular Hbond substituents is 1. The number of benzene rings is 1. The van der Waals surface area contributed by atoms with Gasteiger partial charge in [0.05, 0.1) is 5.60 Å². The van der Waals surface area contributed by atoms with Crippen molar-refractivity contribution in [2.75, 3.05) is 19.6 Å². The van der Waals surface area contributed by atoms with Gasteiger partial charge < -0.3 is 20.2 Å². The van der Waals surface area contributed by atoms with E-state index in [4.69, 9.17) is 0 Å². The van der Waals surface area contributed by atoms with E-state index in [0.717, 1.165) is 24.2 Å². The van der Waals surface area contributed by atoms with E-state index in [9.17, 15) is 29.7 Å². The molecule has 5 aliphatic rings. The molecule has 2 heterocycles. The Hall–Kier alpha value is -2.45. The van der Waals surface area contributed by atoms with Gasteiger partial charge in [0.1, 0.15) is 17.6 Å². The summed E-state index contributed by atoms with van der Waals surface area (Å²) in [6, 6.07) is 4.38. The first-order valence-electron chi connectivity index (χ1n) is 13.1. The lowest BCUT2D eigenvalue weighted by atomic mass is 9.47.